The van der Waals surface area contributed by atoms with E-state index in [4.69, 9.17) is 9.26 Å². The van der Waals surface area contributed by atoms with Crippen LogP contribution in [0.1, 0.15) is 50.3 Å². The molecule has 0 spiro atoms. The molecule has 0 aliphatic heterocycles. The molecule has 0 amide bonds. The molecule has 0 radical (unpaired) electrons. The maximum atomic E-state index is 5.68. The van der Waals surface area contributed by atoms with Gasteiger partial charge in [-0.2, -0.15) is 0 Å². The normalized spacial score (nSPS) is 11.3. The van der Waals surface area contributed by atoms with Crippen LogP contribution in [0.5, 0.6) is 5.75 Å². The molecule has 28 heavy (non-hydrogen) atoms. The zero-order valence-electron chi connectivity index (χ0n) is 17.5. The van der Waals surface area contributed by atoms with Crippen molar-refractivity contribution in [3.8, 4) is 5.75 Å². The molecular formula is C21H33IN4O2. The van der Waals surface area contributed by atoms with Crippen LogP contribution in [0.25, 0.3) is 0 Å². The Labute approximate surface area is 185 Å². The Morgan fingerprint density at radius 2 is 1.86 bits per heavy atom. The number of rotatable bonds is 9. The molecule has 0 saturated heterocycles. The Kier molecular flexibility index (Phi) is 11.0. The predicted octanol–water partition coefficient (Wildman–Crippen LogP) is 4.11. The molecule has 0 aliphatic rings. The fourth-order valence-corrected chi connectivity index (χ4v) is 2.86. The van der Waals surface area contributed by atoms with E-state index in [0.717, 1.165) is 54.5 Å². The smallest absolute Gasteiger partial charge is 0.191 e. The van der Waals surface area contributed by atoms with Crippen LogP contribution in [0.15, 0.2) is 33.8 Å². The lowest BCUT2D eigenvalue weighted by atomic mass is 10.1. The number of halogens is 1. The summed E-state index contributed by atoms with van der Waals surface area (Å²) in [6.07, 6.45) is 2.81. The lowest BCUT2D eigenvalue weighted by molar-refractivity contribution is 0.242. The summed E-state index contributed by atoms with van der Waals surface area (Å²) in [5, 5.41) is 10.9. The first-order chi connectivity index (χ1) is 13.1. The number of hydrogen-bond acceptors (Lipinski definition) is 4. The topological polar surface area (TPSA) is 71.7 Å². The van der Waals surface area contributed by atoms with Gasteiger partial charge in [0.2, 0.25) is 0 Å². The minimum Gasteiger partial charge on any atom is -0.491 e. The lowest BCUT2D eigenvalue weighted by Crippen LogP contribution is -2.38. The van der Waals surface area contributed by atoms with Crippen LogP contribution < -0.4 is 15.4 Å². The quantitative estimate of drug-likeness (QED) is 0.308. The Bertz CT molecular complexity index is 705. The first-order valence-corrected chi connectivity index (χ1v) is 9.73. The highest BCUT2D eigenvalue weighted by molar-refractivity contribution is 14.0. The summed E-state index contributed by atoms with van der Waals surface area (Å²) in [5.74, 6) is 2.63. The fourth-order valence-electron chi connectivity index (χ4n) is 2.86. The van der Waals surface area contributed by atoms with E-state index >= 15 is 0 Å². The van der Waals surface area contributed by atoms with Gasteiger partial charge in [-0.05, 0) is 44.4 Å². The Balaban J connectivity index is 0.00000392. The van der Waals surface area contributed by atoms with Crippen molar-refractivity contribution in [2.75, 3.05) is 13.6 Å². The van der Waals surface area contributed by atoms with Crippen LogP contribution in [0.2, 0.25) is 0 Å². The number of hydrogen-bond donors (Lipinski definition) is 2. The summed E-state index contributed by atoms with van der Waals surface area (Å²) in [6, 6.07) is 8.25. The van der Waals surface area contributed by atoms with Gasteiger partial charge in [0.25, 0.3) is 0 Å². The maximum absolute atomic E-state index is 5.68. The van der Waals surface area contributed by atoms with Crippen LogP contribution in [-0.4, -0.2) is 30.8 Å². The van der Waals surface area contributed by atoms with Crippen molar-refractivity contribution >= 4 is 29.9 Å². The van der Waals surface area contributed by atoms with Crippen LogP contribution in [0.3, 0.4) is 0 Å². The minimum absolute atomic E-state index is 0. The highest BCUT2D eigenvalue weighted by Crippen LogP contribution is 2.15. The molecule has 0 atom stereocenters. The predicted molar refractivity (Wildman–Crippen MR) is 125 cm³/mol. The monoisotopic (exact) mass is 500 g/mol. The van der Waals surface area contributed by atoms with Crippen molar-refractivity contribution in [1.29, 1.82) is 0 Å². The largest absolute Gasteiger partial charge is 0.491 e. The molecule has 0 unspecified atom stereocenters. The first kappa shape index (κ1) is 24.3. The molecule has 156 valence electrons. The highest BCUT2D eigenvalue weighted by Gasteiger charge is 2.13. The van der Waals surface area contributed by atoms with Gasteiger partial charge in [0.1, 0.15) is 11.5 Å². The maximum Gasteiger partial charge on any atom is 0.191 e. The molecule has 2 rings (SSSR count). The van der Waals surface area contributed by atoms with Gasteiger partial charge in [0.05, 0.1) is 11.8 Å². The number of nitrogens with zero attached hydrogens (tertiary/aromatic N) is 2. The van der Waals surface area contributed by atoms with E-state index in [0.29, 0.717) is 6.54 Å². The Hall–Kier alpha value is -1.77. The summed E-state index contributed by atoms with van der Waals surface area (Å²) in [4.78, 5) is 4.30. The molecule has 0 saturated carbocycles. The third-order valence-electron chi connectivity index (χ3n) is 4.26. The molecule has 0 aliphatic carbocycles. The minimum atomic E-state index is 0. The number of aliphatic imine (C=N–C) groups is 1. The lowest BCUT2D eigenvalue weighted by Gasteiger charge is -2.13. The van der Waals surface area contributed by atoms with Crippen molar-refractivity contribution in [3.05, 3.63) is 46.8 Å². The number of aromatic nitrogens is 1. The molecule has 1 heterocycles. The van der Waals surface area contributed by atoms with E-state index < -0.39 is 0 Å². The van der Waals surface area contributed by atoms with Gasteiger partial charge in [0, 0.05) is 32.1 Å². The van der Waals surface area contributed by atoms with Gasteiger partial charge in [-0.15, -0.1) is 24.0 Å². The van der Waals surface area contributed by atoms with E-state index in [2.05, 4.69) is 46.8 Å². The van der Waals surface area contributed by atoms with Gasteiger partial charge in [-0.25, -0.2) is 0 Å². The van der Waals surface area contributed by atoms with Crippen molar-refractivity contribution in [2.45, 2.75) is 59.6 Å². The number of guanidine groups is 1. The zero-order chi connectivity index (χ0) is 19.6. The summed E-state index contributed by atoms with van der Waals surface area (Å²) in [5.41, 5.74) is 3.41. The zero-order valence-corrected chi connectivity index (χ0v) is 19.9. The molecule has 2 aromatic rings. The second-order valence-electron chi connectivity index (χ2n) is 6.65. The molecule has 6 nitrogen and oxygen atoms in total. The van der Waals surface area contributed by atoms with Crippen molar-refractivity contribution in [3.63, 3.8) is 0 Å². The van der Waals surface area contributed by atoms with E-state index in [1.165, 1.54) is 5.56 Å². The molecule has 1 aromatic heterocycles. The van der Waals surface area contributed by atoms with E-state index in [-0.39, 0.29) is 30.1 Å². The average molecular weight is 500 g/mol. The van der Waals surface area contributed by atoms with E-state index in [1.807, 2.05) is 26.0 Å². The highest BCUT2D eigenvalue weighted by atomic mass is 127. The molecule has 2 N–H and O–H groups in total. The van der Waals surface area contributed by atoms with Crippen molar-refractivity contribution in [1.82, 2.24) is 15.8 Å². The first-order valence-electron chi connectivity index (χ1n) is 9.73. The average Bonchev–Trinajstić information content (AvgIpc) is 3.07. The van der Waals surface area contributed by atoms with Gasteiger partial charge in [-0.1, -0.05) is 31.1 Å². The number of nitrogens with one attached hydrogen (secondary N) is 2. The summed E-state index contributed by atoms with van der Waals surface area (Å²) in [6.45, 7) is 9.69. The number of aryl methyl sites for hydroxylation is 2. The van der Waals surface area contributed by atoms with Crippen LogP contribution in [0.4, 0.5) is 0 Å². The summed E-state index contributed by atoms with van der Waals surface area (Å²) < 4.78 is 11.1. The SMILES string of the molecule is CCc1noc(CC)c1CNC(=NC)NCCc1ccc(OC(C)C)cc1.I. The third kappa shape index (κ3) is 7.33. The number of ether oxygens (including phenoxy) is 1. The number of benzene rings is 1. The second kappa shape index (κ2) is 12.6. The molecular weight excluding hydrogens is 467 g/mol. The summed E-state index contributed by atoms with van der Waals surface area (Å²) in [7, 11) is 1.78. The van der Waals surface area contributed by atoms with Gasteiger partial charge >= 0.3 is 0 Å². The third-order valence-corrected chi connectivity index (χ3v) is 4.26. The van der Waals surface area contributed by atoms with E-state index in [1.54, 1.807) is 7.05 Å². The van der Waals surface area contributed by atoms with Crippen LogP contribution in [0, 0.1) is 0 Å². The van der Waals surface area contributed by atoms with Crippen LogP contribution in [-0.2, 0) is 25.8 Å². The molecule has 1 aromatic carbocycles. The fraction of sp³-hybridized carbons (Fsp3) is 0.524. The van der Waals surface area contributed by atoms with Gasteiger partial charge in [0.15, 0.2) is 5.96 Å². The molecule has 0 fully saturated rings. The van der Waals surface area contributed by atoms with E-state index in [9.17, 15) is 0 Å². The standard InChI is InChI=1S/C21H32N4O2.HI/c1-6-19-18(20(7-2)27-25-19)14-24-21(22-5)23-13-12-16-8-10-17(11-9-16)26-15(3)4;/h8-11,15H,6-7,12-14H2,1-5H3,(H2,22,23,24);1H. The van der Waals surface area contributed by atoms with Crippen molar-refractivity contribution in [2.24, 2.45) is 4.99 Å². The van der Waals surface area contributed by atoms with Crippen molar-refractivity contribution < 1.29 is 9.26 Å². The second-order valence-corrected chi connectivity index (χ2v) is 6.65. The summed E-state index contributed by atoms with van der Waals surface area (Å²) >= 11 is 0. The Morgan fingerprint density at radius 1 is 1.14 bits per heavy atom. The molecule has 7 heteroatoms. The molecule has 0 bridgehead atoms. The van der Waals surface area contributed by atoms with Gasteiger partial charge in [-0.3, -0.25) is 4.99 Å². The van der Waals surface area contributed by atoms with Gasteiger partial charge < -0.3 is 19.9 Å². The Morgan fingerprint density at radius 3 is 2.43 bits per heavy atom. The van der Waals surface area contributed by atoms with Crippen LogP contribution >= 0.6 is 24.0 Å².